The van der Waals surface area contributed by atoms with E-state index in [4.69, 9.17) is 0 Å². The van der Waals surface area contributed by atoms with Gasteiger partial charge in [0.1, 0.15) is 6.04 Å². The normalized spacial score (nSPS) is 23.8. The fourth-order valence-electron chi connectivity index (χ4n) is 5.38. The first kappa shape index (κ1) is 22.5. The maximum Gasteiger partial charge on any atom is 0.254 e. The number of rotatable bonds is 6. The molecule has 0 aliphatic carbocycles. The van der Waals surface area contributed by atoms with E-state index in [1.54, 1.807) is 4.90 Å². The van der Waals surface area contributed by atoms with Crippen LogP contribution in [-0.4, -0.2) is 47.3 Å². The van der Waals surface area contributed by atoms with E-state index in [1.165, 1.54) is 12.0 Å². The van der Waals surface area contributed by atoms with E-state index in [0.29, 0.717) is 18.7 Å². The second-order valence-electron chi connectivity index (χ2n) is 9.65. The Morgan fingerprint density at radius 1 is 0.938 bits per heavy atom. The number of nitrogens with zero attached hydrogens (tertiary/aromatic N) is 2. The second-order valence-corrected chi connectivity index (χ2v) is 9.65. The van der Waals surface area contributed by atoms with Crippen LogP contribution in [0.4, 0.5) is 0 Å². The van der Waals surface area contributed by atoms with Crippen molar-refractivity contribution in [2.24, 2.45) is 11.8 Å². The van der Waals surface area contributed by atoms with Crippen LogP contribution in [0.2, 0.25) is 0 Å². The first-order chi connectivity index (χ1) is 15.5. The summed E-state index contributed by atoms with van der Waals surface area (Å²) in [5.74, 6) is 1.33. The summed E-state index contributed by atoms with van der Waals surface area (Å²) in [7, 11) is 0. The molecular weight excluding hydrogens is 398 g/mol. The zero-order chi connectivity index (χ0) is 22.5. The summed E-state index contributed by atoms with van der Waals surface area (Å²) < 4.78 is 0. The van der Waals surface area contributed by atoms with Gasteiger partial charge in [-0.15, -0.1) is 0 Å². The number of likely N-dealkylation sites (tertiary alicyclic amines) is 2. The van der Waals surface area contributed by atoms with Gasteiger partial charge < -0.3 is 10.2 Å². The Kier molecular flexibility index (Phi) is 7.26. The maximum atomic E-state index is 13.0. The molecule has 0 spiro atoms. The number of hydrogen-bond acceptors (Lipinski definition) is 3. The van der Waals surface area contributed by atoms with Gasteiger partial charge in [0.15, 0.2) is 0 Å². The van der Waals surface area contributed by atoms with Crippen LogP contribution in [0.25, 0.3) is 0 Å². The van der Waals surface area contributed by atoms with Crippen molar-refractivity contribution in [1.29, 1.82) is 0 Å². The lowest BCUT2D eigenvalue weighted by Crippen LogP contribution is -2.45. The third kappa shape index (κ3) is 5.39. The van der Waals surface area contributed by atoms with Crippen molar-refractivity contribution in [3.8, 4) is 0 Å². The van der Waals surface area contributed by atoms with E-state index in [1.807, 2.05) is 36.4 Å². The monoisotopic (exact) mass is 433 g/mol. The SMILES string of the molecule is CC1CC(C)CN(Cc2ccccc2CNC(=O)C2CCCN2C(=O)c2ccccc2)C1. The summed E-state index contributed by atoms with van der Waals surface area (Å²) in [6, 6.07) is 17.2. The lowest BCUT2D eigenvalue weighted by molar-refractivity contribution is -0.125. The second kappa shape index (κ2) is 10.3. The predicted molar refractivity (Wildman–Crippen MR) is 127 cm³/mol. The van der Waals surface area contributed by atoms with E-state index >= 15 is 0 Å². The molecule has 1 N–H and O–H groups in total. The lowest BCUT2D eigenvalue weighted by atomic mass is 9.91. The number of hydrogen-bond donors (Lipinski definition) is 1. The van der Waals surface area contributed by atoms with Gasteiger partial charge >= 0.3 is 0 Å². The van der Waals surface area contributed by atoms with Gasteiger partial charge in [-0.2, -0.15) is 0 Å². The van der Waals surface area contributed by atoms with E-state index < -0.39 is 6.04 Å². The van der Waals surface area contributed by atoms with Crippen molar-refractivity contribution in [3.05, 3.63) is 71.3 Å². The van der Waals surface area contributed by atoms with Crippen LogP contribution >= 0.6 is 0 Å². The van der Waals surface area contributed by atoms with Crippen LogP contribution in [0.3, 0.4) is 0 Å². The number of amides is 2. The fourth-order valence-corrected chi connectivity index (χ4v) is 5.38. The number of piperidine rings is 1. The molecule has 2 saturated heterocycles. The van der Waals surface area contributed by atoms with Crippen molar-refractivity contribution >= 4 is 11.8 Å². The summed E-state index contributed by atoms with van der Waals surface area (Å²) in [5.41, 5.74) is 3.07. The minimum absolute atomic E-state index is 0.0539. The summed E-state index contributed by atoms with van der Waals surface area (Å²) in [5, 5.41) is 3.12. The summed E-state index contributed by atoms with van der Waals surface area (Å²) >= 11 is 0. The van der Waals surface area contributed by atoms with Crippen molar-refractivity contribution in [2.75, 3.05) is 19.6 Å². The fraction of sp³-hybridized carbons (Fsp3) is 0.481. The average Bonchev–Trinajstić information content (AvgIpc) is 3.28. The zero-order valence-electron chi connectivity index (χ0n) is 19.3. The largest absolute Gasteiger partial charge is 0.350 e. The first-order valence-corrected chi connectivity index (χ1v) is 11.9. The molecule has 3 unspecified atom stereocenters. The quantitative estimate of drug-likeness (QED) is 0.747. The number of carbonyl (C=O) groups is 2. The van der Waals surface area contributed by atoms with Gasteiger partial charge in [-0.3, -0.25) is 14.5 Å². The van der Waals surface area contributed by atoms with Crippen molar-refractivity contribution in [1.82, 2.24) is 15.1 Å². The third-order valence-corrected chi connectivity index (χ3v) is 6.75. The number of carbonyl (C=O) groups excluding carboxylic acids is 2. The van der Waals surface area contributed by atoms with E-state index in [-0.39, 0.29) is 11.8 Å². The lowest BCUT2D eigenvalue weighted by Gasteiger charge is -2.35. The third-order valence-electron chi connectivity index (χ3n) is 6.75. The van der Waals surface area contributed by atoms with E-state index in [2.05, 4.69) is 42.3 Å². The molecule has 2 aromatic rings. The molecule has 32 heavy (non-hydrogen) atoms. The van der Waals surface area contributed by atoms with Crippen LogP contribution in [0.5, 0.6) is 0 Å². The molecule has 2 aliphatic heterocycles. The van der Waals surface area contributed by atoms with Gasteiger partial charge in [0, 0.05) is 38.3 Å². The van der Waals surface area contributed by atoms with Crippen LogP contribution in [-0.2, 0) is 17.9 Å². The van der Waals surface area contributed by atoms with Crippen LogP contribution in [0, 0.1) is 11.8 Å². The van der Waals surface area contributed by atoms with Crippen LogP contribution in [0.1, 0.15) is 54.6 Å². The molecule has 2 heterocycles. The van der Waals surface area contributed by atoms with Crippen LogP contribution < -0.4 is 5.32 Å². The van der Waals surface area contributed by atoms with Gasteiger partial charge in [0.25, 0.3) is 5.91 Å². The highest BCUT2D eigenvalue weighted by atomic mass is 16.2. The minimum atomic E-state index is -0.390. The minimum Gasteiger partial charge on any atom is -0.350 e. The summed E-state index contributed by atoms with van der Waals surface area (Å²) in [6.45, 7) is 8.97. The zero-order valence-corrected chi connectivity index (χ0v) is 19.3. The molecular formula is C27H35N3O2. The standard InChI is InChI=1S/C27H35N3O2/c1-20-15-21(2)18-29(17-20)19-24-12-7-6-11-23(24)16-28-26(31)25-13-8-14-30(25)27(32)22-9-4-3-5-10-22/h3-7,9-12,20-21,25H,8,13-19H2,1-2H3,(H,28,31). The highest BCUT2D eigenvalue weighted by molar-refractivity contribution is 5.97. The highest BCUT2D eigenvalue weighted by Gasteiger charge is 2.34. The Morgan fingerprint density at radius 3 is 2.31 bits per heavy atom. The Hall–Kier alpha value is -2.66. The van der Waals surface area contributed by atoms with Crippen molar-refractivity contribution < 1.29 is 9.59 Å². The molecule has 0 radical (unpaired) electrons. The molecule has 2 aliphatic rings. The molecule has 2 aromatic carbocycles. The summed E-state index contributed by atoms with van der Waals surface area (Å²) in [4.78, 5) is 30.2. The highest BCUT2D eigenvalue weighted by Crippen LogP contribution is 2.24. The molecule has 2 amide bonds. The molecule has 0 saturated carbocycles. The summed E-state index contributed by atoms with van der Waals surface area (Å²) in [6.07, 6.45) is 2.88. The average molecular weight is 434 g/mol. The Balaban J connectivity index is 1.38. The van der Waals surface area contributed by atoms with Gasteiger partial charge in [0.2, 0.25) is 5.91 Å². The van der Waals surface area contributed by atoms with Gasteiger partial charge in [0.05, 0.1) is 0 Å². The van der Waals surface area contributed by atoms with E-state index in [0.717, 1.165) is 49.9 Å². The predicted octanol–water partition coefficient (Wildman–Crippen LogP) is 4.09. The first-order valence-electron chi connectivity index (χ1n) is 11.9. The molecule has 170 valence electrons. The molecule has 4 rings (SSSR count). The molecule has 0 aromatic heterocycles. The molecule has 3 atom stereocenters. The molecule has 5 nitrogen and oxygen atoms in total. The van der Waals surface area contributed by atoms with Gasteiger partial charge in [-0.05, 0) is 54.4 Å². The molecule has 0 bridgehead atoms. The Morgan fingerprint density at radius 2 is 1.59 bits per heavy atom. The maximum absolute atomic E-state index is 13.0. The smallest absolute Gasteiger partial charge is 0.254 e. The Bertz CT molecular complexity index is 920. The molecule has 5 heteroatoms. The molecule has 2 fully saturated rings. The Labute approximate surface area is 191 Å². The van der Waals surface area contributed by atoms with Gasteiger partial charge in [-0.25, -0.2) is 0 Å². The van der Waals surface area contributed by atoms with Crippen LogP contribution in [0.15, 0.2) is 54.6 Å². The number of nitrogens with one attached hydrogen (secondary N) is 1. The number of benzene rings is 2. The topological polar surface area (TPSA) is 52.7 Å². The van der Waals surface area contributed by atoms with E-state index in [9.17, 15) is 9.59 Å². The van der Waals surface area contributed by atoms with Crippen molar-refractivity contribution in [3.63, 3.8) is 0 Å². The van der Waals surface area contributed by atoms with Crippen molar-refractivity contribution in [2.45, 2.75) is 52.2 Å². The van der Waals surface area contributed by atoms with Gasteiger partial charge in [-0.1, -0.05) is 56.3 Å².